The topological polar surface area (TPSA) is 55.8 Å². The summed E-state index contributed by atoms with van der Waals surface area (Å²) in [5.41, 5.74) is 1.77. The first kappa shape index (κ1) is 16.1. The van der Waals surface area contributed by atoms with Gasteiger partial charge in [0.15, 0.2) is 5.78 Å². The summed E-state index contributed by atoms with van der Waals surface area (Å²) >= 11 is 0. The van der Waals surface area contributed by atoms with Gasteiger partial charge < -0.3 is 14.6 Å². The van der Waals surface area contributed by atoms with Crippen molar-refractivity contribution in [3.05, 3.63) is 59.2 Å². The van der Waals surface area contributed by atoms with E-state index in [1.165, 1.54) is 0 Å². The highest BCUT2D eigenvalue weighted by Gasteiger charge is 2.26. The molecular formula is C20H20O4. The van der Waals surface area contributed by atoms with Gasteiger partial charge in [-0.25, -0.2) is 0 Å². The predicted octanol–water partition coefficient (Wildman–Crippen LogP) is 4.01. The number of benzene rings is 2. The minimum Gasteiger partial charge on any atom is -0.508 e. The first-order valence-corrected chi connectivity index (χ1v) is 7.80. The normalized spacial score (nSPS) is 14.6. The molecule has 4 nitrogen and oxygen atoms in total. The summed E-state index contributed by atoms with van der Waals surface area (Å²) in [6.07, 6.45) is 4.13. The van der Waals surface area contributed by atoms with E-state index in [2.05, 4.69) is 0 Å². The van der Waals surface area contributed by atoms with E-state index >= 15 is 0 Å². The van der Waals surface area contributed by atoms with Crippen LogP contribution in [0.25, 0.3) is 6.08 Å². The number of Topliss-reactive ketones (excluding diaryl/α,β-unsaturated/α-hetero) is 1. The molecule has 1 aliphatic rings. The van der Waals surface area contributed by atoms with E-state index in [1.54, 1.807) is 37.4 Å². The molecular weight excluding hydrogens is 304 g/mol. The predicted molar refractivity (Wildman–Crippen MR) is 92.9 cm³/mol. The third-order valence-corrected chi connectivity index (χ3v) is 3.99. The Hall–Kier alpha value is -2.75. The zero-order valence-corrected chi connectivity index (χ0v) is 14.0. The van der Waals surface area contributed by atoms with Crippen LogP contribution in [0.2, 0.25) is 0 Å². The molecule has 0 amide bonds. The number of fused-ring (bicyclic) bond motifs is 1. The average molecular weight is 324 g/mol. The Bertz CT molecular complexity index is 801. The highest BCUT2D eigenvalue weighted by molar-refractivity contribution is 6.01. The summed E-state index contributed by atoms with van der Waals surface area (Å²) in [5, 5.41) is 9.34. The molecule has 2 aromatic rings. The molecule has 1 aliphatic heterocycles. The fourth-order valence-corrected chi connectivity index (χ4v) is 2.76. The first-order chi connectivity index (χ1) is 11.4. The molecule has 0 radical (unpaired) electrons. The third-order valence-electron chi connectivity index (χ3n) is 3.99. The number of carbonyl (C=O) groups is 1. The summed E-state index contributed by atoms with van der Waals surface area (Å²) < 4.78 is 11.4. The lowest BCUT2D eigenvalue weighted by atomic mass is 9.96. The summed E-state index contributed by atoms with van der Waals surface area (Å²) in [6.45, 7) is 3.95. The van der Waals surface area contributed by atoms with Gasteiger partial charge in [0.2, 0.25) is 0 Å². The van der Waals surface area contributed by atoms with Crippen LogP contribution in [-0.2, 0) is 6.42 Å². The van der Waals surface area contributed by atoms with Gasteiger partial charge in [0, 0.05) is 6.42 Å². The van der Waals surface area contributed by atoms with Gasteiger partial charge in [-0.1, -0.05) is 12.1 Å². The van der Waals surface area contributed by atoms with Crippen molar-refractivity contribution >= 4 is 11.9 Å². The maximum atomic E-state index is 12.7. The Balaban J connectivity index is 1.94. The lowest BCUT2D eigenvalue weighted by molar-refractivity contribution is 0.0989. The highest BCUT2D eigenvalue weighted by atomic mass is 16.5. The number of aromatic hydroxyl groups is 1. The maximum absolute atomic E-state index is 12.7. The van der Waals surface area contributed by atoms with Gasteiger partial charge >= 0.3 is 0 Å². The monoisotopic (exact) mass is 324 g/mol. The van der Waals surface area contributed by atoms with Crippen molar-refractivity contribution in [3.8, 4) is 17.2 Å². The van der Waals surface area contributed by atoms with Crippen molar-refractivity contribution in [1.82, 2.24) is 0 Å². The van der Waals surface area contributed by atoms with Crippen LogP contribution in [0.15, 0.2) is 42.5 Å². The fourth-order valence-electron chi connectivity index (χ4n) is 2.76. The molecule has 0 aliphatic carbocycles. The summed E-state index contributed by atoms with van der Waals surface area (Å²) in [5.74, 6) is 1.38. The largest absolute Gasteiger partial charge is 0.508 e. The lowest BCUT2D eigenvalue weighted by Gasteiger charge is -2.29. The van der Waals surface area contributed by atoms with Crippen molar-refractivity contribution < 1.29 is 19.4 Å². The molecule has 124 valence electrons. The molecule has 1 N–H and O–H groups in total. The molecule has 1 heterocycles. The maximum Gasteiger partial charge on any atom is 0.170 e. The average Bonchev–Trinajstić information content (AvgIpc) is 2.54. The fraction of sp³-hybridized carbons (Fsp3) is 0.250. The van der Waals surface area contributed by atoms with Gasteiger partial charge in [-0.3, -0.25) is 4.79 Å². The lowest BCUT2D eigenvalue weighted by Crippen LogP contribution is -2.27. The highest BCUT2D eigenvalue weighted by Crippen LogP contribution is 2.39. The number of methoxy groups -OCH3 is 1. The van der Waals surface area contributed by atoms with Crippen LogP contribution in [-0.4, -0.2) is 23.6 Å². The zero-order valence-electron chi connectivity index (χ0n) is 14.0. The van der Waals surface area contributed by atoms with Crippen LogP contribution >= 0.6 is 0 Å². The summed E-state index contributed by atoms with van der Waals surface area (Å²) in [7, 11) is 1.56. The van der Waals surface area contributed by atoms with Gasteiger partial charge in [-0.2, -0.15) is 0 Å². The van der Waals surface area contributed by atoms with E-state index in [9.17, 15) is 9.90 Å². The molecule has 0 aromatic heterocycles. The second kappa shape index (κ2) is 6.04. The van der Waals surface area contributed by atoms with Crippen LogP contribution in [0, 0.1) is 0 Å². The van der Waals surface area contributed by atoms with Gasteiger partial charge in [0.05, 0.1) is 18.2 Å². The molecule has 0 saturated carbocycles. The molecule has 2 aromatic carbocycles. The Labute approximate surface area is 141 Å². The quantitative estimate of drug-likeness (QED) is 0.863. The molecule has 4 heteroatoms. The number of ketones is 1. The van der Waals surface area contributed by atoms with Crippen molar-refractivity contribution in [1.29, 1.82) is 0 Å². The van der Waals surface area contributed by atoms with Gasteiger partial charge in [-0.05, 0) is 55.8 Å². The number of phenols is 1. The van der Waals surface area contributed by atoms with Crippen LogP contribution in [0.1, 0.15) is 35.3 Å². The molecule has 0 saturated heterocycles. The first-order valence-electron chi connectivity index (χ1n) is 7.80. The van der Waals surface area contributed by atoms with E-state index < -0.39 is 0 Å². The number of phenolic OH excluding ortho intramolecular Hbond substituents is 1. The van der Waals surface area contributed by atoms with Crippen LogP contribution < -0.4 is 9.47 Å². The molecule has 0 atom stereocenters. The molecule has 3 rings (SSSR count). The van der Waals surface area contributed by atoms with E-state index in [4.69, 9.17) is 9.47 Å². The van der Waals surface area contributed by atoms with E-state index in [-0.39, 0.29) is 23.6 Å². The van der Waals surface area contributed by atoms with Gasteiger partial charge in [0.25, 0.3) is 0 Å². The van der Waals surface area contributed by atoms with Gasteiger partial charge in [-0.15, -0.1) is 0 Å². The minimum absolute atomic E-state index is 0.0430. The van der Waals surface area contributed by atoms with Crippen molar-refractivity contribution in [2.45, 2.75) is 25.9 Å². The molecule has 0 bridgehead atoms. The SMILES string of the molecule is COc1c(C(=O)Cc2ccc(O)cc2)ccc2c1C=CC(C)(C)O2. The van der Waals surface area contributed by atoms with E-state index in [1.807, 2.05) is 32.1 Å². The molecule has 24 heavy (non-hydrogen) atoms. The Morgan fingerprint density at radius 2 is 1.88 bits per heavy atom. The summed E-state index contributed by atoms with van der Waals surface area (Å²) in [4.78, 5) is 12.7. The second-order valence-electron chi connectivity index (χ2n) is 6.36. The van der Waals surface area contributed by atoms with E-state index in [0.717, 1.165) is 11.1 Å². The minimum atomic E-state index is -0.379. The van der Waals surface area contributed by atoms with Crippen LogP contribution in [0.3, 0.4) is 0 Å². The van der Waals surface area contributed by atoms with Crippen molar-refractivity contribution in [2.24, 2.45) is 0 Å². The van der Waals surface area contributed by atoms with Gasteiger partial charge in [0.1, 0.15) is 22.8 Å². The summed E-state index contributed by atoms with van der Waals surface area (Å²) in [6, 6.07) is 10.2. The molecule has 0 unspecified atom stereocenters. The van der Waals surface area contributed by atoms with Crippen LogP contribution in [0.4, 0.5) is 0 Å². The Morgan fingerprint density at radius 1 is 1.17 bits per heavy atom. The second-order valence-corrected chi connectivity index (χ2v) is 6.36. The molecule has 0 spiro atoms. The Morgan fingerprint density at radius 3 is 2.54 bits per heavy atom. The number of hydrogen-bond donors (Lipinski definition) is 1. The van der Waals surface area contributed by atoms with Crippen molar-refractivity contribution in [3.63, 3.8) is 0 Å². The Kier molecular flexibility index (Phi) is 4.06. The number of ether oxygens (including phenoxy) is 2. The van der Waals surface area contributed by atoms with Crippen LogP contribution in [0.5, 0.6) is 17.2 Å². The smallest absolute Gasteiger partial charge is 0.170 e. The number of rotatable bonds is 4. The third kappa shape index (κ3) is 3.13. The number of hydrogen-bond acceptors (Lipinski definition) is 4. The zero-order chi connectivity index (χ0) is 17.3. The number of carbonyl (C=O) groups excluding carboxylic acids is 1. The van der Waals surface area contributed by atoms with E-state index in [0.29, 0.717) is 17.1 Å². The van der Waals surface area contributed by atoms with Crippen molar-refractivity contribution in [2.75, 3.05) is 7.11 Å². The standard InChI is InChI=1S/C20H20O4/c1-20(2)11-10-16-18(24-20)9-8-15(19(16)23-3)17(22)12-13-4-6-14(21)7-5-13/h4-11,21H,12H2,1-3H3. The molecule has 0 fully saturated rings.